The lowest BCUT2D eigenvalue weighted by Gasteiger charge is -2.37. The van der Waals surface area contributed by atoms with Crippen molar-refractivity contribution in [1.82, 2.24) is 10.2 Å². The van der Waals surface area contributed by atoms with E-state index in [4.69, 9.17) is 0 Å². The highest BCUT2D eigenvalue weighted by molar-refractivity contribution is 5.89. The second-order valence-corrected chi connectivity index (χ2v) is 6.11. The molecule has 1 fully saturated rings. The van der Waals surface area contributed by atoms with E-state index in [9.17, 15) is 4.79 Å². The van der Waals surface area contributed by atoms with Crippen LogP contribution < -0.4 is 10.6 Å². The molecule has 2 N–H and O–H groups in total. The minimum absolute atomic E-state index is 0.121. The highest BCUT2D eigenvalue weighted by Gasteiger charge is 2.23. The summed E-state index contributed by atoms with van der Waals surface area (Å²) in [7, 11) is 0. The molecule has 21 heavy (non-hydrogen) atoms. The van der Waals surface area contributed by atoms with Crippen LogP contribution in [-0.4, -0.2) is 36.6 Å². The van der Waals surface area contributed by atoms with Crippen molar-refractivity contribution in [3.63, 3.8) is 0 Å². The lowest BCUT2D eigenvalue weighted by atomic mass is 9.99. The summed E-state index contributed by atoms with van der Waals surface area (Å²) < 4.78 is 0. The van der Waals surface area contributed by atoms with Gasteiger partial charge < -0.3 is 10.6 Å². The van der Waals surface area contributed by atoms with Crippen molar-refractivity contribution in [1.29, 1.82) is 0 Å². The van der Waals surface area contributed by atoms with Crippen LogP contribution in [0, 0.1) is 5.92 Å². The number of likely N-dealkylation sites (tertiary alicyclic amines) is 1. The number of rotatable bonds is 5. The van der Waals surface area contributed by atoms with Gasteiger partial charge in [0, 0.05) is 18.3 Å². The minimum atomic E-state index is -0.121. The molecule has 4 heteroatoms. The van der Waals surface area contributed by atoms with Crippen LogP contribution >= 0.6 is 0 Å². The van der Waals surface area contributed by atoms with E-state index in [1.807, 2.05) is 30.3 Å². The molecule has 1 atom stereocenters. The average molecular weight is 289 g/mol. The zero-order chi connectivity index (χ0) is 15.1. The van der Waals surface area contributed by atoms with E-state index in [0.717, 1.165) is 18.8 Å². The van der Waals surface area contributed by atoms with E-state index < -0.39 is 0 Å². The molecule has 0 radical (unpaired) electrons. The van der Waals surface area contributed by atoms with Crippen molar-refractivity contribution in [2.75, 3.05) is 25.0 Å². The maximum absolute atomic E-state index is 12.0. The largest absolute Gasteiger partial charge is 0.336 e. The first-order valence-electron chi connectivity index (χ1n) is 8.01. The Hall–Kier alpha value is -1.55. The molecule has 0 aromatic heterocycles. The van der Waals surface area contributed by atoms with E-state index in [2.05, 4.69) is 29.4 Å². The highest BCUT2D eigenvalue weighted by Crippen LogP contribution is 2.17. The third-order valence-corrected chi connectivity index (χ3v) is 4.13. The first-order valence-corrected chi connectivity index (χ1v) is 8.01. The molecular formula is C17H27N3O. The van der Waals surface area contributed by atoms with Crippen molar-refractivity contribution in [3.05, 3.63) is 30.3 Å². The SMILES string of the molecule is CC(C)C(CNC(=O)Nc1ccccc1)N1CCCCC1. The number of piperidine rings is 1. The van der Waals surface area contributed by atoms with E-state index >= 15 is 0 Å². The van der Waals surface area contributed by atoms with Crippen LogP contribution in [0.4, 0.5) is 10.5 Å². The predicted molar refractivity (Wildman–Crippen MR) is 87.5 cm³/mol. The number of anilines is 1. The Morgan fingerprint density at radius 2 is 1.81 bits per heavy atom. The number of hydrogen-bond acceptors (Lipinski definition) is 2. The number of carbonyl (C=O) groups excluding carboxylic acids is 1. The smallest absolute Gasteiger partial charge is 0.319 e. The van der Waals surface area contributed by atoms with Gasteiger partial charge in [0.25, 0.3) is 0 Å². The molecule has 4 nitrogen and oxygen atoms in total. The molecule has 1 aromatic carbocycles. The molecule has 0 saturated carbocycles. The molecule has 0 spiro atoms. The van der Waals surface area contributed by atoms with Crippen molar-refractivity contribution in [2.24, 2.45) is 5.92 Å². The number of urea groups is 1. The van der Waals surface area contributed by atoms with Gasteiger partial charge in [0.2, 0.25) is 0 Å². The summed E-state index contributed by atoms with van der Waals surface area (Å²) >= 11 is 0. The molecule has 1 unspecified atom stereocenters. The van der Waals surface area contributed by atoms with E-state index in [0.29, 0.717) is 18.5 Å². The number of amides is 2. The van der Waals surface area contributed by atoms with Gasteiger partial charge in [0.15, 0.2) is 0 Å². The van der Waals surface area contributed by atoms with Gasteiger partial charge in [0.05, 0.1) is 0 Å². The zero-order valence-electron chi connectivity index (χ0n) is 13.1. The fourth-order valence-electron chi connectivity index (χ4n) is 2.93. The van der Waals surface area contributed by atoms with Crippen LogP contribution in [0.25, 0.3) is 0 Å². The lowest BCUT2D eigenvalue weighted by Crippen LogP contribution is -2.49. The topological polar surface area (TPSA) is 44.4 Å². The number of carbonyl (C=O) groups is 1. The Morgan fingerprint density at radius 1 is 1.14 bits per heavy atom. The molecule has 1 aliphatic heterocycles. The van der Waals surface area contributed by atoms with Crippen LogP contribution in [0.15, 0.2) is 30.3 Å². The van der Waals surface area contributed by atoms with Crippen molar-refractivity contribution >= 4 is 11.7 Å². The average Bonchev–Trinajstić information content (AvgIpc) is 2.49. The van der Waals surface area contributed by atoms with E-state index in [1.54, 1.807) is 0 Å². The number of nitrogens with zero attached hydrogens (tertiary/aromatic N) is 1. The second kappa shape index (κ2) is 8.03. The van der Waals surface area contributed by atoms with Crippen molar-refractivity contribution in [3.8, 4) is 0 Å². The van der Waals surface area contributed by atoms with Gasteiger partial charge in [0.1, 0.15) is 0 Å². The number of hydrogen-bond donors (Lipinski definition) is 2. The van der Waals surface area contributed by atoms with Gasteiger partial charge in [-0.2, -0.15) is 0 Å². The maximum Gasteiger partial charge on any atom is 0.319 e. The number of benzene rings is 1. The standard InChI is InChI=1S/C17H27N3O/c1-14(2)16(20-11-7-4-8-12-20)13-18-17(21)19-15-9-5-3-6-10-15/h3,5-6,9-10,14,16H,4,7-8,11-13H2,1-2H3,(H2,18,19,21). The summed E-state index contributed by atoms with van der Waals surface area (Å²) in [5.41, 5.74) is 0.828. The van der Waals surface area contributed by atoms with Crippen LogP contribution in [0.5, 0.6) is 0 Å². The number of nitrogens with one attached hydrogen (secondary N) is 2. The molecule has 1 aliphatic rings. The van der Waals surface area contributed by atoms with Gasteiger partial charge in [-0.25, -0.2) is 4.79 Å². The van der Waals surface area contributed by atoms with Crippen LogP contribution in [0.3, 0.4) is 0 Å². The molecule has 1 aromatic rings. The third-order valence-electron chi connectivity index (χ3n) is 4.13. The zero-order valence-corrected chi connectivity index (χ0v) is 13.1. The second-order valence-electron chi connectivity index (χ2n) is 6.11. The molecule has 1 saturated heterocycles. The Labute approximate surface area is 127 Å². The van der Waals surface area contributed by atoms with Gasteiger partial charge >= 0.3 is 6.03 Å². The fourth-order valence-corrected chi connectivity index (χ4v) is 2.93. The van der Waals surface area contributed by atoms with Crippen molar-refractivity contribution in [2.45, 2.75) is 39.2 Å². The summed E-state index contributed by atoms with van der Waals surface area (Å²) in [5, 5.41) is 5.89. The monoisotopic (exact) mass is 289 g/mol. The quantitative estimate of drug-likeness (QED) is 0.873. The molecule has 2 amide bonds. The van der Waals surface area contributed by atoms with Crippen LogP contribution in [0.1, 0.15) is 33.1 Å². The molecular weight excluding hydrogens is 262 g/mol. The lowest BCUT2D eigenvalue weighted by molar-refractivity contribution is 0.128. The molecule has 0 aliphatic carbocycles. The molecule has 2 rings (SSSR count). The Morgan fingerprint density at radius 3 is 2.43 bits per heavy atom. The maximum atomic E-state index is 12.0. The minimum Gasteiger partial charge on any atom is -0.336 e. The third kappa shape index (κ3) is 5.05. The summed E-state index contributed by atoms with van der Waals surface area (Å²) in [5.74, 6) is 0.542. The van der Waals surface area contributed by atoms with Crippen LogP contribution in [0.2, 0.25) is 0 Å². The summed E-state index contributed by atoms with van der Waals surface area (Å²) in [6.07, 6.45) is 3.89. The Kier molecular flexibility index (Phi) is 6.05. The Balaban J connectivity index is 1.82. The highest BCUT2D eigenvalue weighted by atomic mass is 16.2. The Bertz CT molecular complexity index is 427. The first kappa shape index (κ1) is 15.8. The van der Waals surface area contributed by atoms with E-state index in [-0.39, 0.29) is 6.03 Å². The van der Waals surface area contributed by atoms with Crippen molar-refractivity contribution < 1.29 is 4.79 Å². The van der Waals surface area contributed by atoms with Gasteiger partial charge in [-0.1, -0.05) is 38.5 Å². The summed E-state index contributed by atoms with van der Waals surface area (Å²) in [4.78, 5) is 14.5. The fraction of sp³-hybridized carbons (Fsp3) is 0.588. The van der Waals surface area contributed by atoms with Gasteiger partial charge in [-0.05, 0) is 44.0 Å². The van der Waals surface area contributed by atoms with Gasteiger partial charge in [-0.15, -0.1) is 0 Å². The van der Waals surface area contributed by atoms with Gasteiger partial charge in [-0.3, -0.25) is 4.90 Å². The predicted octanol–water partition coefficient (Wildman–Crippen LogP) is 3.32. The first-order chi connectivity index (χ1) is 10.2. The summed E-state index contributed by atoms with van der Waals surface area (Å²) in [6.45, 7) is 7.48. The van der Waals surface area contributed by atoms with Crippen LogP contribution in [-0.2, 0) is 0 Å². The number of para-hydroxylation sites is 1. The molecule has 116 valence electrons. The normalized spacial score (nSPS) is 17.5. The summed E-state index contributed by atoms with van der Waals surface area (Å²) in [6, 6.07) is 9.86. The van der Waals surface area contributed by atoms with E-state index in [1.165, 1.54) is 19.3 Å². The molecule has 0 bridgehead atoms. The molecule has 1 heterocycles.